The number of hydrogen-bond acceptors (Lipinski definition) is 12. The van der Waals surface area contributed by atoms with Crippen LogP contribution >= 0.6 is 0 Å². The molecule has 0 spiro atoms. The van der Waals surface area contributed by atoms with Gasteiger partial charge in [0.15, 0.2) is 11.5 Å². The van der Waals surface area contributed by atoms with Crippen LogP contribution in [0.25, 0.3) is 0 Å². The van der Waals surface area contributed by atoms with Crippen molar-refractivity contribution in [3.63, 3.8) is 0 Å². The Hall–Kier alpha value is -6.85. The third kappa shape index (κ3) is 13.6. The molecular formula is C47H62N6O12. The summed E-state index contributed by atoms with van der Waals surface area (Å²) in [6.45, 7) is 9.38. The number of nitrogens with one attached hydrogen (secondary N) is 3. The van der Waals surface area contributed by atoms with Crippen LogP contribution in [0.2, 0.25) is 0 Å². The molecule has 0 saturated heterocycles. The number of alkyl carbamates (subject to hydrolysis) is 1. The van der Waals surface area contributed by atoms with Crippen molar-refractivity contribution in [1.29, 1.82) is 0 Å². The van der Waals surface area contributed by atoms with Crippen molar-refractivity contribution < 1.29 is 57.2 Å². The number of rotatable bonds is 14. The number of fused-ring (bicyclic) bond motifs is 7. The molecule has 2 heterocycles. The van der Waals surface area contributed by atoms with Crippen molar-refractivity contribution in [3.05, 3.63) is 83.4 Å². The summed E-state index contributed by atoms with van der Waals surface area (Å²) < 4.78 is 27.3. The number of benzene rings is 3. The number of carbonyl (C=O) groups excluding carboxylic acids is 7. The molecule has 3 aromatic carbocycles. The zero-order valence-electron chi connectivity index (χ0n) is 39.2. The minimum absolute atomic E-state index is 0.00229. The molecular weight excluding hydrogens is 841 g/mol. The Morgan fingerprint density at radius 2 is 1.37 bits per heavy atom. The average Bonchev–Trinajstić information content (AvgIpc) is 3.27. The van der Waals surface area contributed by atoms with Crippen LogP contribution in [-0.4, -0.2) is 141 Å². The SMILES string of the molecule is COC(=O)[C@@H]1Cc2ccc(OC)c(c2)Oc2ccc(cc2)C[C@H](N(C)C(=O)[C@H](C)NC(=O)[C@H](Cc2ccc(OC)cc2)N(C)C(=O)[C@H](C)NC(=O)[C@@H](C)NC(=O)OC(C)(C)C)C(=O)N1C. The molecule has 2 aliphatic heterocycles. The number of hydrogen-bond donors (Lipinski definition) is 3. The Balaban J connectivity index is 1.59. The molecule has 6 amide bonds. The van der Waals surface area contributed by atoms with E-state index in [-0.39, 0.29) is 19.3 Å². The molecule has 352 valence electrons. The maximum absolute atomic E-state index is 14.6. The summed E-state index contributed by atoms with van der Waals surface area (Å²) in [5.41, 5.74) is 1.18. The van der Waals surface area contributed by atoms with Crippen LogP contribution in [-0.2, 0) is 57.5 Å². The van der Waals surface area contributed by atoms with Gasteiger partial charge >= 0.3 is 12.1 Å². The highest BCUT2D eigenvalue weighted by Crippen LogP contribution is 2.34. The van der Waals surface area contributed by atoms with Gasteiger partial charge in [-0.05, 0) is 94.6 Å². The lowest BCUT2D eigenvalue weighted by Gasteiger charge is -2.36. The number of likely N-dealkylation sites (N-methyl/N-ethyl adjacent to an activating group) is 3. The Morgan fingerprint density at radius 1 is 0.769 bits per heavy atom. The van der Waals surface area contributed by atoms with Gasteiger partial charge in [0.25, 0.3) is 0 Å². The number of nitrogens with zero attached hydrogens (tertiary/aromatic N) is 3. The average molecular weight is 903 g/mol. The molecule has 3 N–H and O–H groups in total. The topological polar surface area (TPSA) is 211 Å². The predicted molar refractivity (Wildman–Crippen MR) is 239 cm³/mol. The van der Waals surface area contributed by atoms with Crippen molar-refractivity contribution in [2.45, 2.75) is 103 Å². The fourth-order valence-electron chi connectivity index (χ4n) is 7.12. The van der Waals surface area contributed by atoms with Crippen molar-refractivity contribution in [1.82, 2.24) is 30.7 Å². The van der Waals surface area contributed by atoms with E-state index in [2.05, 4.69) is 16.0 Å². The van der Waals surface area contributed by atoms with Gasteiger partial charge in [-0.3, -0.25) is 24.0 Å². The third-order valence-corrected chi connectivity index (χ3v) is 10.9. The first-order chi connectivity index (χ1) is 30.6. The lowest BCUT2D eigenvalue weighted by Crippen LogP contribution is -2.59. The normalized spacial score (nSPS) is 16.8. The zero-order chi connectivity index (χ0) is 48.3. The van der Waals surface area contributed by atoms with Crippen molar-refractivity contribution >= 4 is 41.6 Å². The molecule has 18 heteroatoms. The molecule has 6 atom stereocenters. The molecule has 0 saturated carbocycles. The minimum atomic E-state index is -1.22. The van der Waals surface area contributed by atoms with E-state index >= 15 is 0 Å². The molecule has 2 aliphatic rings. The van der Waals surface area contributed by atoms with Crippen LogP contribution in [0.1, 0.15) is 58.2 Å². The maximum Gasteiger partial charge on any atom is 0.408 e. The van der Waals surface area contributed by atoms with Gasteiger partial charge in [-0.15, -0.1) is 0 Å². The number of methoxy groups -OCH3 is 3. The van der Waals surface area contributed by atoms with E-state index in [0.717, 1.165) is 0 Å². The largest absolute Gasteiger partial charge is 0.497 e. The number of amides is 6. The number of esters is 1. The molecule has 65 heavy (non-hydrogen) atoms. The van der Waals surface area contributed by atoms with Crippen LogP contribution < -0.4 is 30.2 Å². The van der Waals surface area contributed by atoms with E-state index in [1.807, 2.05) is 0 Å². The molecule has 0 fully saturated rings. The van der Waals surface area contributed by atoms with E-state index in [1.54, 1.807) is 87.5 Å². The predicted octanol–water partition coefficient (Wildman–Crippen LogP) is 3.41. The molecule has 0 radical (unpaired) electrons. The molecule has 0 unspecified atom stereocenters. The van der Waals surface area contributed by atoms with Crippen molar-refractivity contribution in [2.24, 2.45) is 0 Å². The molecule has 18 nitrogen and oxygen atoms in total. The Morgan fingerprint density at radius 3 is 1.95 bits per heavy atom. The van der Waals surface area contributed by atoms with Crippen molar-refractivity contribution in [3.8, 4) is 23.0 Å². The highest BCUT2D eigenvalue weighted by Gasteiger charge is 2.39. The van der Waals surface area contributed by atoms with Gasteiger partial charge in [0, 0.05) is 40.4 Å². The zero-order valence-corrected chi connectivity index (χ0v) is 39.2. The standard InChI is InChI=1S/C47H62N6O12/c1-27(50-46(60)65-47(4,5)6)40(54)48-28(2)42(56)51(7)35(23-30-13-18-33(61-10)19-14-30)41(55)49-29(3)43(57)52(8)36-24-31-15-20-34(21-16-31)64-39-26-32(17-22-38(39)62-11)25-37(45(59)63-12)53(9)44(36)58/h13-22,26-29,35-37H,23-25H2,1-12H3,(H,48,54)(H,49,55)(H,50,60)/t27-,28+,29+,35+,36+,37+/m1/s1. The summed E-state index contributed by atoms with van der Waals surface area (Å²) in [6, 6.07) is 12.2. The first-order valence-electron chi connectivity index (χ1n) is 21.1. The van der Waals surface area contributed by atoms with Crippen molar-refractivity contribution in [2.75, 3.05) is 42.5 Å². The van der Waals surface area contributed by atoms with Crippen LogP contribution in [0.5, 0.6) is 23.0 Å². The van der Waals surface area contributed by atoms with Crippen LogP contribution in [0, 0.1) is 0 Å². The lowest BCUT2D eigenvalue weighted by molar-refractivity contribution is -0.155. The van der Waals surface area contributed by atoms with E-state index in [9.17, 15) is 33.6 Å². The lowest BCUT2D eigenvalue weighted by atomic mass is 9.99. The number of ether oxygens (including phenoxy) is 5. The van der Waals surface area contributed by atoms with E-state index in [1.165, 1.54) is 77.9 Å². The molecule has 0 aliphatic carbocycles. The van der Waals surface area contributed by atoms with Gasteiger partial charge < -0.3 is 54.3 Å². The smallest absolute Gasteiger partial charge is 0.408 e. The Labute approximate surface area is 380 Å². The first kappa shape index (κ1) is 50.8. The number of carbonyl (C=O) groups is 7. The third-order valence-electron chi connectivity index (χ3n) is 10.9. The Kier molecular flexibility index (Phi) is 17.3. The molecule has 5 rings (SSSR count). The fourth-order valence-corrected chi connectivity index (χ4v) is 7.12. The maximum atomic E-state index is 14.6. The highest BCUT2D eigenvalue weighted by molar-refractivity contribution is 5.96. The van der Waals surface area contributed by atoms with Crippen LogP contribution in [0.3, 0.4) is 0 Å². The van der Waals surface area contributed by atoms with Gasteiger partial charge in [0.1, 0.15) is 53.4 Å². The minimum Gasteiger partial charge on any atom is -0.497 e. The van der Waals surface area contributed by atoms with Crippen LogP contribution in [0.15, 0.2) is 66.7 Å². The second kappa shape index (κ2) is 22.2. The Bertz CT molecular complexity index is 2190. The van der Waals surface area contributed by atoms with Gasteiger partial charge in [-0.2, -0.15) is 0 Å². The highest BCUT2D eigenvalue weighted by atomic mass is 16.6. The molecule has 0 aromatic heterocycles. The summed E-state index contributed by atoms with van der Waals surface area (Å²) >= 11 is 0. The summed E-state index contributed by atoms with van der Waals surface area (Å²) in [5, 5.41) is 7.77. The first-order valence-corrected chi connectivity index (χ1v) is 21.1. The van der Waals surface area contributed by atoms with E-state index in [0.29, 0.717) is 39.7 Å². The van der Waals surface area contributed by atoms with Gasteiger partial charge in [0.2, 0.25) is 29.5 Å². The summed E-state index contributed by atoms with van der Waals surface area (Å²) in [4.78, 5) is 99.4. The summed E-state index contributed by atoms with van der Waals surface area (Å²) in [6.07, 6.45) is -0.730. The quantitative estimate of drug-likeness (QED) is 0.199. The van der Waals surface area contributed by atoms with Gasteiger partial charge in [-0.25, -0.2) is 9.59 Å². The summed E-state index contributed by atoms with van der Waals surface area (Å²) in [5.74, 6) is -1.93. The second-order valence-electron chi connectivity index (χ2n) is 16.9. The van der Waals surface area contributed by atoms with E-state index < -0.39 is 83.5 Å². The molecule has 4 bridgehead atoms. The van der Waals surface area contributed by atoms with Crippen LogP contribution in [0.4, 0.5) is 4.79 Å². The fraction of sp³-hybridized carbons (Fsp3) is 0.468. The van der Waals surface area contributed by atoms with E-state index in [4.69, 9.17) is 23.7 Å². The second-order valence-corrected chi connectivity index (χ2v) is 16.9. The van der Waals surface area contributed by atoms with Gasteiger partial charge in [-0.1, -0.05) is 30.3 Å². The monoisotopic (exact) mass is 902 g/mol. The summed E-state index contributed by atoms with van der Waals surface area (Å²) in [7, 11) is 8.57. The molecule has 3 aromatic rings. The van der Waals surface area contributed by atoms with Gasteiger partial charge in [0.05, 0.1) is 21.3 Å².